The number of rotatable bonds is 7. The summed E-state index contributed by atoms with van der Waals surface area (Å²) in [6.45, 7) is 1.97. The lowest BCUT2D eigenvalue weighted by Crippen LogP contribution is -2.54. The van der Waals surface area contributed by atoms with Gasteiger partial charge in [0.2, 0.25) is 5.91 Å². The first kappa shape index (κ1) is 15.0. The molecule has 0 saturated heterocycles. The molecule has 5 nitrogen and oxygen atoms in total. The van der Waals surface area contributed by atoms with Crippen LogP contribution in [0.1, 0.15) is 49.2 Å². The molecule has 0 unspecified atom stereocenters. The van der Waals surface area contributed by atoms with Gasteiger partial charge < -0.3 is 10.4 Å². The van der Waals surface area contributed by atoms with Crippen molar-refractivity contribution in [3.63, 3.8) is 0 Å². The van der Waals surface area contributed by atoms with Gasteiger partial charge >= 0.3 is 5.97 Å². The van der Waals surface area contributed by atoms with Crippen molar-refractivity contribution in [3.05, 3.63) is 16.1 Å². The second-order valence-electron chi connectivity index (χ2n) is 5.46. The molecule has 1 aromatic rings. The van der Waals surface area contributed by atoms with Crippen LogP contribution in [0, 0.1) is 6.92 Å². The third-order valence-electron chi connectivity index (χ3n) is 3.71. The molecule has 1 amide bonds. The quantitative estimate of drug-likeness (QED) is 0.809. The molecule has 110 valence electrons. The summed E-state index contributed by atoms with van der Waals surface area (Å²) < 4.78 is 0. The normalized spacial score (nSPS) is 16.4. The average molecular weight is 296 g/mol. The maximum atomic E-state index is 11.9. The van der Waals surface area contributed by atoms with Crippen LogP contribution in [0.3, 0.4) is 0 Å². The number of hydrogen-bond donors (Lipinski definition) is 2. The van der Waals surface area contributed by atoms with Crippen molar-refractivity contribution in [2.75, 3.05) is 0 Å². The van der Waals surface area contributed by atoms with Crippen molar-refractivity contribution in [1.29, 1.82) is 0 Å². The molecular formula is C14H20N2O3S. The van der Waals surface area contributed by atoms with Gasteiger partial charge in [0.15, 0.2) is 0 Å². The predicted octanol–water partition coefficient (Wildman–Crippen LogP) is 2.29. The zero-order valence-corrected chi connectivity index (χ0v) is 12.5. The molecular weight excluding hydrogens is 276 g/mol. The van der Waals surface area contributed by atoms with Crippen molar-refractivity contribution in [3.8, 4) is 0 Å². The molecule has 0 aliphatic heterocycles. The molecule has 1 aliphatic carbocycles. The Morgan fingerprint density at radius 3 is 2.75 bits per heavy atom. The summed E-state index contributed by atoms with van der Waals surface area (Å²) in [6, 6.07) is 0. The first-order valence-corrected chi connectivity index (χ1v) is 7.81. The molecule has 0 spiro atoms. The minimum Gasteiger partial charge on any atom is -0.481 e. The number of carboxylic acid groups (broad SMARTS) is 1. The molecule has 1 aliphatic rings. The number of nitrogens with zero attached hydrogens (tertiary/aromatic N) is 1. The van der Waals surface area contributed by atoms with Crippen molar-refractivity contribution in [2.45, 2.75) is 57.4 Å². The van der Waals surface area contributed by atoms with Crippen LogP contribution >= 0.6 is 11.3 Å². The largest absolute Gasteiger partial charge is 0.481 e. The molecule has 2 N–H and O–H groups in total. The SMILES string of the molecule is Cc1nc(CCCC(=O)NC2(CC(=O)O)CCC2)cs1. The first-order chi connectivity index (χ1) is 9.49. The monoisotopic (exact) mass is 296 g/mol. The Bertz CT molecular complexity index is 494. The number of hydrogen-bond acceptors (Lipinski definition) is 4. The van der Waals surface area contributed by atoms with Gasteiger partial charge in [-0.1, -0.05) is 0 Å². The molecule has 1 aromatic heterocycles. The predicted molar refractivity (Wildman–Crippen MR) is 76.8 cm³/mol. The fourth-order valence-electron chi connectivity index (χ4n) is 2.55. The highest BCUT2D eigenvalue weighted by molar-refractivity contribution is 7.09. The highest BCUT2D eigenvalue weighted by atomic mass is 32.1. The van der Waals surface area contributed by atoms with E-state index in [1.165, 1.54) is 0 Å². The van der Waals surface area contributed by atoms with Crippen molar-refractivity contribution in [2.24, 2.45) is 0 Å². The van der Waals surface area contributed by atoms with Gasteiger partial charge in [0, 0.05) is 11.8 Å². The van der Waals surface area contributed by atoms with Gasteiger partial charge in [-0.05, 0) is 39.0 Å². The lowest BCUT2D eigenvalue weighted by molar-refractivity contribution is -0.140. The van der Waals surface area contributed by atoms with Crippen LogP contribution < -0.4 is 5.32 Å². The van der Waals surface area contributed by atoms with Gasteiger partial charge in [0.05, 0.1) is 22.7 Å². The number of thiazole rings is 1. The Morgan fingerprint density at radius 1 is 1.50 bits per heavy atom. The molecule has 0 atom stereocenters. The Balaban J connectivity index is 1.73. The van der Waals surface area contributed by atoms with Crippen LogP contribution in [0.15, 0.2) is 5.38 Å². The molecule has 6 heteroatoms. The number of amides is 1. The van der Waals surface area contributed by atoms with Gasteiger partial charge in [-0.15, -0.1) is 11.3 Å². The fraction of sp³-hybridized carbons (Fsp3) is 0.643. The molecule has 1 heterocycles. The van der Waals surface area contributed by atoms with E-state index in [2.05, 4.69) is 10.3 Å². The topological polar surface area (TPSA) is 79.3 Å². The zero-order chi connectivity index (χ0) is 14.6. The Labute approximate surface area is 122 Å². The summed E-state index contributed by atoms with van der Waals surface area (Å²) in [4.78, 5) is 27.1. The smallest absolute Gasteiger partial charge is 0.305 e. The molecule has 0 aromatic carbocycles. The summed E-state index contributed by atoms with van der Waals surface area (Å²) in [5, 5.41) is 14.9. The molecule has 0 bridgehead atoms. The third-order valence-corrected chi connectivity index (χ3v) is 4.53. The van der Waals surface area contributed by atoms with Gasteiger partial charge in [0.25, 0.3) is 0 Å². The van der Waals surface area contributed by atoms with Gasteiger partial charge in [-0.25, -0.2) is 4.98 Å². The third kappa shape index (κ3) is 4.03. The van der Waals surface area contributed by atoms with Crippen LogP contribution in [0.2, 0.25) is 0 Å². The Morgan fingerprint density at radius 2 is 2.25 bits per heavy atom. The number of carboxylic acids is 1. The van der Waals surface area contributed by atoms with Crippen LogP contribution in [-0.4, -0.2) is 27.5 Å². The molecule has 1 saturated carbocycles. The standard InChI is InChI=1S/C14H20N2O3S/c1-10-15-11(9-20-10)4-2-5-12(17)16-14(6-3-7-14)8-13(18)19/h9H,2-8H2,1H3,(H,16,17)(H,18,19). The van der Waals surface area contributed by atoms with E-state index in [0.29, 0.717) is 6.42 Å². The first-order valence-electron chi connectivity index (χ1n) is 6.93. The van der Waals surface area contributed by atoms with E-state index >= 15 is 0 Å². The Kier molecular flexibility index (Phi) is 4.75. The number of carbonyl (C=O) groups excluding carboxylic acids is 1. The van der Waals surface area contributed by atoms with E-state index in [1.54, 1.807) is 11.3 Å². The average Bonchev–Trinajstić information content (AvgIpc) is 2.71. The maximum Gasteiger partial charge on any atom is 0.305 e. The summed E-state index contributed by atoms with van der Waals surface area (Å²) in [6.07, 6.45) is 4.54. The van der Waals surface area contributed by atoms with Crippen LogP contribution in [-0.2, 0) is 16.0 Å². The van der Waals surface area contributed by atoms with E-state index in [0.717, 1.165) is 42.8 Å². The number of aliphatic carboxylic acids is 1. The lowest BCUT2D eigenvalue weighted by atomic mass is 9.74. The van der Waals surface area contributed by atoms with E-state index < -0.39 is 11.5 Å². The van der Waals surface area contributed by atoms with Gasteiger partial charge in [-0.3, -0.25) is 9.59 Å². The number of aryl methyl sites for hydroxylation is 2. The fourth-order valence-corrected chi connectivity index (χ4v) is 3.20. The van der Waals surface area contributed by atoms with Gasteiger partial charge in [0.1, 0.15) is 0 Å². The minimum atomic E-state index is -0.844. The lowest BCUT2D eigenvalue weighted by Gasteiger charge is -2.41. The van der Waals surface area contributed by atoms with Crippen molar-refractivity contribution < 1.29 is 14.7 Å². The number of nitrogens with one attached hydrogen (secondary N) is 1. The Hall–Kier alpha value is -1.43. The minimum absolute atomic E-state index is 0.0318. The zero-order valence-electron chi connectivity index (χ0n) is 11.6. The summed E-state index contributed by atoms with van der Waals surface area (Å²) in [5.41, 5.74) is 0.546. The van der Waals surface area contributed by atoms with Crippen LogP contribution in [0.5, 0.6) is 0 Å². The molecule has 2 rings (SSSR count). The highest BCUT2D eigenvalue weighted by Crippen LogP contribution is 2.35. The maximum absolute atomic E-state index is 11.9. The summed E-state index contributed by atoms with van der Waals surface area (Å²) in [5.74, 6) is -0.888. The number of aromatic nitrogens is 1. The van der Waals surface area contributed by atoms with Crippen LogP contribution in [0.4, 0.5) is 0 Å². The second kappa shape index (κ2) is 6.35. The number of carbonyl (C=O) groups is 2. The second-order valence-corrected chi connectivity index (χ2v) is 6.53. The molecule has 1 fully saturated rings. The van der Waals surface area contributed by atoms with Crippen LogP contribution in [0.25, 0.3) is 0 Å². The highest BCUT2D eigenvalue weighted by Gasteiger charge is 2.40. The van der Waals surface area contributed by atoms with E-state index in [9.17, 15) is 9.59 Å². The van der Waals surface area contributed by atoms with Gasteiger partial charge in [-0.2, -0.15) is 0 Å². The van der Waals surface area contributed by atoms with E-state index in [-0.39, 0.29) is 12.3 Å². The summed E-state index contributed by atoms with van der Waals surface area (Å²) >= 11 is 1.62. The van der Waals surface area contributed by atoms with Crippen molar-refractivity contribution >= 4 is 23.2 Å². The summed E-state index contributed by atoms with van der Waals surface area (Å²) in [7, 11) is 0. The molecule has 0 radical (unpaired) electrons. The van der Waals surface area contributed by atoms with E-state index in [4.69, 9.17) is 5.11 Å². The molecule has 20 heavy (non-hydrogen) atoms. The van der Waals surface area contributed by atoms with E-state index in [1.807, 2.05) is 12.3 Å². The van der Waals surface area contributed by atoms with Crippen molar-refractivity contribution in [1.82, 2.24) is 10.3 Å².